The number of aliphatic hydroxyl groups excluding tert-OH is 1. The molecule has 7 heteroatoms. The van der Waals surface area contributed by atoms with Crippen molar-refractivity contribution in [2.24, 2.45) is 0 Å². The van der Waals surface area contributed by atoms with Crippen LogP contribution in [0.15, 0.2) is 48.2 Å². The van der Waals surface area contributed by atoms with E-state index in [1.54, 1.807) is 12.1 Å². The van der Waals surface area contributed by atoms with Gasteiger partial charge in [-0.1, -0.05) is 35.3 Å². The Labute approximate surface area is 147 Å². The molecular weight excluding hydrogens is 349 g/mol. The standard InChI is InChI=1S/C17H11Cl2N3O2/c18-12-6-5-10(7-13(12)19)24-9-16(23)11(8-20)17-21-14-3-1-2-4-15(14)22-17/h1-7,23H,9H2,(H,21,22)/b16-11-. The molecule has 0 aliphatic heterocycles. The molecule has 120 valence electrons. The van der Waals surface area contributed by atoms with Crippen molar-refractivity contribution in [3.05, 3.63) is 64.1 Å². The molecule has 0 saturated carbocycles. The lowest BCUT2D eigenvalue weighted by atomic mass is 10.2. The van der Waals surface area contributed by atoms with Gasteiger partial charge in [0, 0.05) is 6.07 Å². The Kier molecular flexibility index (Phi) is 4.61. The van der Waals surface area contributed by atoms with E-state index in [9.17, 15) is 10.4 Å². The number of imidazole rings is 1. The predicted octanol–water partition coefficient (Wildman–Crippen LogP) is 4.74. The summed E-state index contributed by atoms with van der Waals surface area (Å²) in [5, 5.41) is 20.3. The molecule has 5 nitrogen and oxygen atoms in total. The highest BCUT2D eigenvalue weighted by Gasteiger charge is 2.14. The highest BCUT2D eigenvalue weighted by molar-refractivity contribution is 6.42. The van der Waals surface area contributed by atoms with Gasteiger partial charge in [-0.05, 0) is 24.3 Å². The first-order valence-electron chi connectivity index (χ1n) is 6.93. The zero-order valence-corrected chi connectivity index (χ0v) is 13.8. The van der Waals surface area contributed by atoms with Gasteiger partial charge in [-0.3, -0.25) is 0 Å². The third-order valence-corrected chi connectivity index (χ3v) is 4.03. The number of nitrogens with zero attached hydrogens (tertiary/aromatic N) is 2. The van der Waals surface area contributed by atoms with Crippen LogP contribution in [-0.2, 0) is 0 Å². The number of H-pyrrole nitrogens is 1. The smallest absolute Gasteiger partial charge is 0.152 e. The normalized spacial score (nSPS) is 11.9. The minimum atomic E-state index is -0.234. The summed E-state index contributed by atoms with van der Waals surface area (Å²) in [5.41, 5.74) is 1.50. The zero-order chi connectivity index (χ0) is 17.1. The van der Waals surface area contributed by atoms with Gasteiger partial charge >= 0.3 is 0 Å². The summed E-state index contributed by atoms with van der Waals surface area (Å²) >= 11 is 11.7. The van der Waals surface area contributed by atoms with Crippen molar-refractivity contribution in [1.29, 1.82) is 5.26 Å². The first kappa shape index (κ1) is 16.2. The van der Waals surface area contributed by atoms with E-state index in [1.807, 2.05) is 30.3 Å². The molecule has 0 amide bonds. The number of benzene rings is 2. The third-order valence-electron chi connectivity index (χ3n) is 3.29. The molecule has 2 aromatic carbocycles. The van der Waals surface area contributed by atoms with E-state index in [4.69, 9.17) is 27.9 Å². The van der Waals surface area contributed by atoms with Crippen LogP contribution in [0.5, 0.6) is 5.75 Å². The van der Waals surface area contributed by atoms with Crippen molar-refractivity contribution in [2.75, 3.05) is 6.61 Å². The van der Waals surface area contributed by atoms with Gasteiger partial charge in [0.25, 0.3) is 0 Å². The summed E-state index contributed by atoms with van der Waals surface area (Å²) in [7, 11) is 0. The highest BCUT2D eigenvalue weighted by Crippen LogP contribution is 2.27. The van der Waals surface area contributed by atoms with Crippen LogP contribution in [0.2, 0.25) is 10.0 Å². The lowest BCUT2D eigenvalue weighted by Gasteiger charge is -2.07. The molecule has 0 aliphatic carbocycles. The van der Waals surface area contributed by atoms with Gasteiger partial charge in [-0.25, -0.2) is 4.98 Å². The van der Waals surface area contributed by atoms with Gasteiger partial charge in [0.15, 0.2) is 11.6 Å². The van der Waals surface area contributed by atoms with Crippen LogP contribution in [-0.4, -0.2) is 21.7 Å². The number of ether oxygens (including phenoxy) is 1. The number of nitriles is 1. The van der Waals surface area contributed by atoms with Gasteiger partial charge in [0.1, 0.15) is 24.0 Å². The Morgan fingerprint density at radius 1 is 1.21 bits per heavy atom. The number of hydrogen-bond acceptors (Lipinski definition) is 4. The maximum atomic E-state index is 10.2. The number of para-hydroxylation sites is 2. The van der Waals surface area contributed by atoms with Gasteiger partial charge < -0.3 is 14.8 Å². The molecule has 0 radical (unpaired) electrons. The lowest BCUT2D eigenvalue weighted by Crippen LogP contribution is -2.04. The summed E-state index contributed by atoms with van der Waals surface area (Å²) in [6.07, 6.45) is 0. The number of fused-ring (bicyclic) bond motifs is 1. The number of aromatic nitrogens is 2. The van der Waals surface area contributed by atoms with Crippen molar-refractivity contribution in [2.45, 2.75) is 0 Å². The number of nitrogens with one attached hydrogen (secondary N) is 1. The molecule has 0 aliphatic rings. The van der Waals surface area contributed by atoms with Crippen LogP contribution in [0, 0.1) is 11.3 Å². The SMILES string of the molecule is N#C/C(=C(/O)COc1ccc(Cl)c(Cl)c1)c1nc2ccccc2[nH]1. The van der Waals surface area contributed by atoms with Gasteiger partial charge in [0.2, 0.25) is 0 Å². The van der Waals surface area contributed by atoms with Gasteiger partial charge in [0.05, 0.1) is 21.1 Å². The second-order valence-corrected chi connectivity index (χ2v) is 5.72. The van der Waals surface area contributed by atoms with E-state index in [1.165, 1.54) is 6.07 Å². The quantitative estimate of drug-likeness (QED) is 0.520. The topological polar surface area (TPSA) is 81.9 Å². The van der Waals surface area contributed by atoms with Crippen LogP contribution in [0.3, 0.4) is 0 Å². The molecular formula is C17H11Cl2N3O2. The molecule has 3 rings (SSSR count). The zero-order valence-electron chi connectivity index (χ0n) is 12.3. The molecule has 0 spiro atoms. The van der Waals surface area contributed by atoms with Crippen LogP contribution < -0.4 is 4.74 Å². The number of aromatic amines is 1. The van der Waals surface area contributed by atoms with E-state index in [0.717, 1.165) is 5.52 Å². The highest BCUT2D eigenvalue weighted by atomic mass is 35.5. The molecule has 3 aromatic rings. The van der Waals surface area contributed by atoms with Crippen molar-refractivity contribution in [3.63, 3.8) is 0 Å². The molecule has 0 fully saturated rings. The monoisotopic (exact) mass is 359 g/mol. The van der Waals surface area contributed by atoms with Crippen molar-refractivity contribution >= 4 is 39.8 Å². The number of halogens is 2. The molecule has 24 heavy (non-hydrogen) atoms. The maximum Gasteiger partial charge on any atom is 0.152 e. The molecule has 1 heterocycles. The molecule has 0 saturated heterocycles. The van der Waals surface area contributed by atoms with Crippen LogP contribution in [0.25, 0.3) is 16.6 Å². The van der Waals surface area contributed by atoms with E-state index < -0.39 is 0 Å². The second kappa shape index (κ2) is 6.83. The Morgan fingerprint density at radius 3 is 2.71 bits per heavy atom. The number of allylic oxidation sites excluding steroid dienone is 1. The minimum absolute atomic E-state index is 0.0197. The molecule has 0 unspecified atom stereocenters. The van der Waals surface area contributed by atoms with Crippen molar-refractivity contribution < 1.29 is 9.84 Å². The number of aliphatic hydroxyl groups is 1. The molecule has 1 aromatic heterocycles. The first-order chi connectivity index (χ1) is 11.6. The summed E-state index contributed by atoms with van der Waals surface area (Å²) in [6, 6.07) is 14.0. The Hall–Kier alpha value is -2.68. The minimum Gasteiger partial charge on any atom is -0.507 e. The lowest BCUT2D eigenvalue weighted by molar-refractivity contribution is 0.272. The fourth-order valence-corrected chi connectivity index (χ4v) is 2.40. The second-order valence-electron chi connectivity index (χ2n) is 4.90. The van der Waals surface area contributed by atoms with Crippen molar-refractivity contribution in [3.8, 4) is 11.8 Å². The maximum absolute atomic E-state index is 10.2. The first-order valence-corrected chi connectivity index (χ1v) is 7.69. The molecule has 2 N–H and O–H groups in total. The summed E-state index contributed by atoms with van der Waals surface area (Å²) in [5.74, 6) is 0.481. The Bertz CT molecular complexity index is 940. The molecule has 0 bridgehead atoms. The van der Waals surface area contributed by atoms with Crippen molar-refractivity contribution in [1.82, 2.24) is 9.97 Å². The predicted molar refractivity (Wildman–Crippen MR) is 93.2 cm³/mol. The average molecular weight is 360 g/mol. The van der Waals surface area contributed by atoms with Gasteiger partial charge in [-0.15, -0.1) is 0 Å². The average Bonchev–Trinajstić information content (AvgIpc) is 3.00. The fraction of sp³-hybridized carbons (Fsp3) is 0.0588. The Morgan fingerprint density at radius 2 is 2.00 bits per heavy atom. The van der Waals surface area contributed by atoms with E-state index >= 15 is 0 Å². The molecule has 0 atom stereocenters. The number of rotatable bonds is 4. The van der Waals surface area contributed by atoms with Crippen LogP contribution >= 0.6 is 23.2 Å². The van der Waals surface area contributed by atoms with Crippen LogP contribution in [0.1, 0.15) is 5.82 Å². The third kappa shape index (κ3) is 3.30. The fourth-order valence-electron chi connectivity index (χ4n) is 2.12. The largest absolute Gasteiger partial charge is 0.507 e. The van der Waals surface area contributed by atoms with E-state index in [0.29, 0.717) is 21.3 Å². The van der Waals surface area contributed by atoms with Crippen LogP contribution in [0.4, 0.5) is 0 Å². The summed E-state index contributed by atoms with van der Waals surface area (Å²) < 4.78 is 5.44. The summed E-state index contributed by atoms with van der Waals surface area (Å²) in [4.78, 5) is 7.29. The van der Waals surface area contributed by atoms with Gasteiger partial charge in [-0.2, -0.15) is 5.26 Å². The Balaban J connectivity index is 1.84. The number of hydrogen-bond donors (Lipinski definition) is 2. The van der Waals surface area contributed by atoms with E-state index in [2.05, 4.69) is 9.97 Å². The summed E-state index contributed by atoms with van der Waals surface area (Å²) in [6.45, 7) is -0.197. The van der Waals surface area contributed by atoms with E-state index in [-0.39, 0.29) is 23.8 Å².